The molecule has 0 aromatic carbocycles. The topological polar surface area (TPSA) is 0 Å². The number of hydrogen-bond donors (Lipinski definition) is 0. The molecule has 3 atom stereocenters. The summed E-state index contributed by atoms with van der Waals surface area (Å²) in [5.74, 6) is -9.11. The molecule has 0 fully saturated rings. The van der Waals surface area contributed by atoms with Crippen molar-refractivity contribution in [3.63, 3.8) is 0 Å². The molecule has 0 aromatic heterocycles. The number of rotatable bonds is 2. The average molecular weight is 374 g/mol. The lowest BCUT2D eigenvalue weighted by Gasteiger charge is -2.28. The van der Waals surface area contributed by atoms with Crippen LogP contribution in [0.5, 0.6) is 0 Å². The molecule has 0 radical (unpaired) electrons. The Hall–Kier alpha value is -0.840. The first kappa shape index (κ1) is 24.4. The smallest absolute Gasteiger partial charge is 0.227 e. The Balaban J connectivity index is 0. The average Bonchev–Trinajstić information content (AvgIpc) is 2.22. The summed E-state index contributed by atoms with van der Waals surface area (Å²) in [7, 11) is 0. The highest BCUT2D eigenvalue weighted by atomic mass is 19.4. The van der Waals surface area contributed by atoms with Crippen LogP contribution in [0, 0.1) is 11.8 Å². The van der Waals surface area contributed by atoms with E-state index in [-0.39, 0.29) is 13.8 Å². The molecule has 142 valence electrons. The highest BCUT2D eigenvalue weighted by molar-refractivity contribution is 4.92. The van der Waals surface area contributed by atoms with Gasteiger partial charge < -0.3 is 0 Å². The normalized spacial score (nSPS) is 19.3. The summed E-state index contributed by atoms with van der Waals surface area (Å²) in [5, 5.41) is 0. The van der Waals surface area contributed by atoms with Gasteiger partial charge in [0.2, 0.25) is 0 Å². The molecule has 0 spiro atoms. The Morgan fingerprint density at radius 2 is 0.739 bits per heavy atom. The molecule has 0 nitrogen and oxygen atoms in total. The van der Waals surface area contributed by atoms with Crippen LogP contribution in [0.15, 0.2) is 0 Å². The second kappa shape index (κ2) is 6.96. The van der Waals surface area contributed by atoms with Crippen molar-refractivity contribution in [3.8, 4) is 0 Å². The van der Waals surface area contributed by atoms with E-state index >= 15 is 0 Å². The molecule has 0 aliphatic carbocycles. The highest BCUT2D eigenvalue weighted by Crippen LogP contribution is 2.44. The summed E-state index contributed by atoms with van der Waals surface area (Å²) in [6, 6.07) is 0. The van der Waals surface area contributed by atoms with Crippen LogP contribution < -0.4 is 0 Å². The lowest BCUT2D eigenvalue weighted by atomic mass is 9.95. The standard InChI is InChI=1S/C6H8F6.C5H6F6/c1-3(5(7,8)9)4(2)6(10,11)12;1-3(6,4(2,7)8)5(9,10)11/h3-4H,1-2H3;1-2H3. The molecule has 0 aliphatic rings. The monoisotopic (exact) mass is 374 g/mol. The molecular formula is C11H14F12. The van der Waals surface area contributed by atoms with Crippen molar-refractivity contribution in [1.29, 1.82) is 0 Å². The maximum absolute atomic E-state index is 12.2. The van der Waals surface area contributed by atoms with Crippen molar-refractivity contribution in [1.82, 2.24) is 0 Å². The molecule has 0 saturated heterocycles. The van der Waals surface area contributed by atoms with E-state index in [1.165, 1.54) is 0 Å². The van der Waals surface area contributed by atoms with Crippen molar-refractivity contribution < 1.29 is 52.7 Å². The number of alkyl halides is 12. The summed E-state index contributed by atoms with van der Waals surface area (Å²) in [6.07, 6.45) is -15.1. The fraction of sp³-hybridized carbons (Fsp3) is 1.00. The molecule has 23 heavy (non-hydrogen) atoms. The second-order valence-electron chi connectivity index (χ2n) is 5.05. The molecule has 0 bridgehead atoms. The van der Waals surface area contributed by atoms with E-state index in [9.17, 15) is 52.7 Å². The maximum atomic E-state index is 12.2. The van der Waals surface area contributed by atoms with E-state index in [2.05, 4.69) is 0 Å². The van der Waals surface area contributed by atoms with E-state index in [4.69, 9.17) is 0 Å². The van der Waals surface area contributed by atoms with Crippen molar-refractivity contribution in [3.05, 3.63) is 0 Å². The van der Waals surface area contributed by atoms with E-state index in [0.717, 1.165) is 0 Å². The van der Waals surface area contributed by atoms with Crippen LogP contribution in [-0.4, -0.2) is 30.1 Å². The van der Waals surface area contributed by atoms with Crippen LogP contribution in [0.3, 0.4) is 0 Å². The summed E-state index contributed by atoms with van der Waals surface area (Å²) >= 11 is 0. The van der Waals surface area contributed by atoms with Gasteiger partial charge >= 0.3 is 18.5 Å². The first-order valence-electron chi connectivity index (χ1n) is 5.83. The van der Waals surface area contributed by atoms with E-state index in [0.29, 0.717) is 13.8 Å². The van der Waals surface area contributed by atoms with Crippen LogP contribution >= 0.6 is 0 Å². The highest BCUT2D eigenvalue weighted by Gasteiger charge is 2.65. The third-order valence-electron chi connectivity index (χ3n) is 3.14. The zero-order valence-corrected chi connectivity index (χ0v) is 12.2. The Bertz CT molecular complexity index is 319. The number of halogens is 12. The van der Waals surface area contributed by atoms with E-state index in [1.54, 1.807) is 0 Å². The zero-order valence-electron chi connectivity index (χ0n) is 12.2. The molecule has 0 rings (SSSR count). The van der Waals surface area contributed by atoms with Crippen LogP contribution in [0.4, 0.5) is 52.7 Å². The van der Waals surface area contributed by atoms with Gasteiger partial charge in [-0.3, -0.25) is 0 Å². The van der Waals surface area contributed by atoms with Crippen molar-refractivity contribution in [2.45, 2.75) is 57.8 Å². The number of hydrogen-bond acceptors (Lipinski definition) is 0. The van der Waals surface area contributed by atoms with E-state index in [1.807, 2.05) is 0 Å². The molecule has 0 amide bonds. The van der Waals surface area contributed by atoms with Crippen LogP contribution in [0.1, 0.15) is 27.7 Å². The van der Waals surface area contributed by atoms with Gasteiger partial charge in [0.25, 0.3) is 11.6 Å². The van der Waals surface area contributed by atoms with Gasteiger partial charge in [0.15, 0.2) is 0 Å². The van der Waals surface area contributed by atoms with Gasteiger partial charge in [-0.15, -0.1) is 0 Å². The molecular weight excluding hydrogens is 360 g/mol. The van der Waals surface area contributed by atoms with Gasteiger partial charge in [-0.1, -0.05) is 13.8 Å². The Labute approximate surface area is 123 Å². The Kier molecular flexibility index (Phi) is 7.38. The van der Waals surface area contributed by atoms with Crippen LogP contribution in [-0.2, 0) is 0 Å². The van der Waals surface area contributed by atoms with Gasteiger partial charge in [-0.05, 0) is 6.92 Å². The van der Waals surface area contributed by atoms with Crippen molar-refractivity contribution in [2.75, 3.05) is 0 Å². The van der Waals surface area contributed by atoms with Gasteiger partial charge in [0.1, 0.15) is 0 Å². The van der Waals surface area contributed by atoms with Crippen LogP contribution in [0.2, 0.25) is 0 Å². The lowest BCUT2D eigenvalue weighted by Crippen LogP contribution is -2.51. The fourth-order valence-electron chi connectivity index (χ4n) is 0.816. The van der Waals surface area contributed by atoms with Crippen molar-refractivity contribution >= 4 is 0 Å². The third kappa shape index (κ3) is 7.06. The Morgan fingerprint density at radius 1 is 0.522 bits per heavy atom. The molecule has 0 aromatic rings. The first-order chi connectivity index (χ1) is 9.57. The zero-order chi connectivity index (χ0) is 19.7. The molecule has 0 heterocycles. The molecule has 12 heteroatoms. The second-order valence-corrected chi connectivity index (χ2v) is 5.05. The fourth-order valence-corrected chi connectivity index (χ4v) is 0.816. The van der Waals surface area contributed by atoms with Crippen LogP contribution in [0.25, 0.3) is 0 Å². The summed E-state index contributed by atoms with van der Waals surface area (Å²) in [4.78, 5) is 0. The molecule has 0 N–H and O–H groups in total. The van der Waals surface area contributed by atoms with Gasteiger partial charge in [-0.25, -0.2) is 13.2 Å². The SMILES string of the molecule is CC(C(C)C(F)(F)F)C(F)(F)F.CC(F)(F)C(C)(F)C(F)(F)F. The lowest BCUT2D eigenvalue weighted by molar-refractivity contribution is -0.289. The van der Waals surface area contributed by atoms with Crippen molar-refractivity contribution in [2.24, 2.45) is 11.8 Å². The molecule has 0 aliphatic heterocycles. The molecule has 3 unspecified atom stereocenters. The third-order valence-corrected chi connectivity index (χ3v) is 3.14. The summed E-state index contributed by atoms with van der Waals surface area (Å²) in [5.41, 5.74) is -4.46. The predicted octanol–water partition coefficient (Wildman–Crippen LogP) is 6.32. The molecule has 0 saturated carbocycles. The minimum Gasteiger partial charge on any atom is -0.227 e. The minimum absolute atomic E-state index is 0.111. The first-order valence-corrected chi connectivity index (χ1v) is 5.83. The quantitative estimate of drug-likeness (QED) is 0.497. The predicted molar refractivity (Wildman–Crippen MR) is 56.6 cm³/mol. The van der Waals surface area contributed by atoms with Gasteiger partial charge in [-0.2, -0.15) is 39.5 Å². The van der Waals surface area contributed by atoms with Gasteiger partial charge in [0.05, 0.1) is 11.8 Å². The Morgan fingerprint density at radius 3 is 0.783 bits per heavy atom. The van der Waals surface area contributed by atoms with Gasteiger partial charge in [0, 0.05) is 6.92 Å². The minimum atomic E-state index is -5.54. The maximum Gasteiger partial charge on any atom is 0.428 e. The summed E-state index contributed by atoms with van der Waals surface area (Å²) < 4.78 is 141. The largest absolute Gasteiger partial charge is 0.428 e. The summed E-state index contributed by atoms with van der Waals surface area (Å²) in [6.45, 7) is 0.754. The van der Waals surface area contributed by atoms with E-state index < -0.39 is 42.0 Å².